The van der Waals surface area contributed by atoms with Gasteiger partial charge in [0.2, 0.25) is 0 Å². The molecule has 0 radical (unpaired) electrons. The van der Waals surface area contributed by atoms with Crippen LogP contribution < -0.4 is 4.74 Å². The Morgan fingerprint density at radius 3 is 2.85 bits per heavy atom. The first-order valence-corrected chi connectivity index (χ1v) is 12.9. The molecule has 1 aliphatic carbocycles. The minimum absolute atomic E-state index is 0.203. The Balaban J connectivity index is 1.05. The van der Waals surface area contributed by atoms with Crippen molar-refractivity contribution >= 4 is 22.6 Å². The van der Waals surface area contributed by atoms with Crippen molar-refractivity contribution in [2.75, 3.05) is 19.7 Å². The van der Waals surface area contributed by atoms with Crippen molar-refractivity contribution in [1.82, 2.24) is 19.5 Å². The van der Waals surface area contributed by atoms with E-state index in [9.17, 15) is 13.6 Å². The lowest BCUT2D eigenvalue weighted by atomic mass is 9.78. The Labute approximate surface area is 201 Å². The first-order valence-electron chi connectivity index (χ1n) is 12.1. The topological polar surface area (TPSA) is 59.7 Å². The van der Waals surface area contributed by atoms with Crippen LogP contribution >= 0.6 is 11.3 Å². The summed E-state index contributed by atoms with van der Waals surface area (Å²) >= 11 is 1.40. The van der Waals surface area contributed by atoms with Crippen LogP contribution in [-0.4, -0.2) is 51.4 Å². The van der Waals surface area contributed by atoms with Crippen molar-refractivity contribution in [1.29, 1.82) is 0 Å². The average Bonchev–Trinajstić information content (AvgIpc) is 3.46. The quantitative estimate of drug-likeness (QED) is 0.385. The van der Waals surface area contributed by atoms with Gasteiger partial charge in [0, 0.05) is 30.6 Å². The smallest absolute Gasteiger partial charge is 0.273 e. The number of pyridine rings is 1. The van der Waals surface area contributed by atoms with Crippen LogP contribution in [0.15, 0.2) is 30.6 Å². The van der Waals surface area contributed by atoms with Gasteiger partial charge in [0.05, 0.1) is 23.0 Å². The summed E-state index contributed by atoms with van der Waals surface area (Å²) in [4.78, 5) is 20.9. The Hall–Kier alpha value is -2.39. The highest BCUT2D eigenvalue weighted by atomic mass is 32.1. The molecule has 0 amide bonds. The third kappa shape index (κ3) is 5.46. The maximum atomic E-state index is 12.9. The molecule has 2 aliphatic rings. The predicted molar refractivity (Wildman–Crippen MR) is 127 cm³/mol. The maximum Gasteiger partial charge on any atom is 0.273 e. The van der Waals surface area contributed by atoms with E-state index < -0.39 is 13.0 Å². The molecule has 182 valence electrons. The molecule has 3 aromatic rings. The largest absolute Gasteiger partial charge is 0.464 e. The van der Waals surface area contributed by atoms with Crippen molar-refractivity contribution in [3.8, 4) is 5.19 Å². The van der Waals surface area contributed by atoms with E-state index in [4.69, 9.17) is 4.74 Å². The van der Waals surface area contributed by atoms with Gasteiger partial charge in [-0.15, -0.1) is 0 Å². The van der Waals surface area contributed by atoms with Crippen LogP contribution in [0.4, 0.5) is 8.78 Å². The molecule has 34 heavy (non-hydrogen) atoms. The van der Waals surface area contributed by atoms with Crippen LogP contribution in [0.25, 0.3) is 5.52 Å². The number of thiazole rings is 1. The van der Waals surface area contributed by atoms with Crippen LogP contribution in [0.1, 0.15) is 59.5 Å². The second-order valence-corrected chi connectivity index (χ2v) is 10.5. The monoisotopic (exact) mass is 488 g/mol. The van der Waals surface area contributed by atoms with Crippen molar-refractivity contribution < 1.29 is 18.3 Å². The second kappa shape index (κ2) is 10.5. The number of carbonyl (C=O) groups is 1. The van der Waals surface area contributed by atoms with Gasteiger partial charge < -0.3 is 4.74 Å². The molecule has 1 aliphatic heterocycles. The highest BCUT2D eigenvalue weighted by molar-refractivity contribution is 7.13. The summed E-state index contributed by atoms with van der Waals surface area (Å²) in [5.74, 6) is 1.36. The van der Waals surface area contributed by atoms with Crippen molar-refractivity contribution in [2.24, 2.45) is 11.8 Å². The van der Waals surface area contributed by atoms with Gasteiger partial charge in [0.15, 0.2) is 12.4 Å². The molecule has 0 unspecified atom stereocenters. The van der Waals surface area contributed by atoms with Crippen molar-refractivity contribution in [2.45, 2.75) is 57.9 Å². The van der Waals surface area contributed by atoms with Gasteiger partial charge in [-0.05, 0) is 56.2 Å². The summed E-state index contributed by atoms with van der Waals surface area (Å²) in [6.07, 6.45) is 8.33. The molecule has 0 N–H and O–H groups in total. The number of ketones is 1. The van der Waals surface area contributed by atoms with Crippen LogP contribution in [0.3, 0.4) is 0 Å². The Kier molecular flexibility index (Phi) is 7.20. The minimum atomic E-state index is -2.48. The third-order valence-corrected chi connectivity index (χ3v) is 8.21. The van der Waals surface area contributed by atoms with Crippen LogP contribution in [0.5, 0.6) is 5.19 Å². The second-order valence-electron chi connectivity index (χ2n) is 9.47. The molecular weight excluding hydrogens is 458 g/mol. The number of fused-ring (bicyclic) bond motifs is 2. The van der Waals surface area contributed by atoms with E-state index in [1.54, 1.807) is 10.7 Å². The normalized spacial score (nSPS) is 21.1. The summed E-state index contributed by atoms with van der Waals surface area (Å²) in [5, 5.41) is 4.66. The number of nitrogens with zero attached hydrogens (tertiary/aromatic N) is 4. The molecule has 4 heterocycles. The number of carbonyl (C=O) groups excluding carboxylic acids is 1. The highest BCUT2D eigenvalue weighted by Gasteiger charge is 2.26. The van der Waals surface area contributed by atoms with E-state index >= 15 is 0 Å². The summed E-state index contributed by atoms with van der Waals surface area (Å²) in [6, 6.07) is 5.80. The van der Waals surface area contributed by atoms with Crippen LogP contribution in [0, 0.1) is 11.8 Å². The fraction of sp³-hybridized carbons (Fsp3) is 0.560. The van der Waals surface area contributed by atoms with Crippen molar-refractivity contribution in [3.05, 3.63) is 46.7 Å². The highest BCUT2D eigenvalue weighted by Crippen LogP contribution is 2.35. The van der Waals surface area contributed by atoms with Crippen LogP contribution in [-0.2, 0) is 13.0 Å². The molecule has 9 heteroatoms. The number of aromatic nitrogens is 3. The maximum absolute atomic E-state index is 12.9. The first-order chi connectivity index (χ1) is 16.5. The van der Waals surface area contributed by atoms with Gasteiger partial charge in [-0.2, -0.15) is 5.10 Å². The molecule has 1 saturated carbocycles. The number of ether oxygens (including phenoxy) is 1. The molecule has 5 rings (SSSR count). The van der Waals surface area contributed by atoms with Crippen molar-refractivity contribution in [3.63, 3.8) is 0 Å². The fourth-order valence-corrected chi connectivity index (χ4v) is 6.14. The summed E-state index contributed by atoms with van der Waals surface area (Å²) in [6.45, 7) is 2.19. The lowest BCUT2D eigenvalue weighted by Crippen LogP contribution is -2.32. The molecule has 0 spiro atoms. The van der Waals surface area contributed by atoms with Gasteiger partial charge in [-0.1, -0.05) is 30.2 Å². The molecule has 6 nitrogen and oxygen atoms in total. The lowest BCUT2D eigenvalue weighted by Gasteiger charge is -2.31. The predicted octanol–water partition coefficient (Wildman–Crippen LogP) is 5.26. The standard InChI is InChI=1S/C25H30F2N4O2S/c26-24(27)16-33-25-29-20-15-30(12-9-23(20)34-25)11-8-17-4-6-18(7-5-17)13-22(32)19-14-28-31-10-2-1-3-21(19)31/h1-3,10,14,17-18,24H,4-9,11-13,15-16H2. The Morgan fingerprint density at radius 2 is 2.03 bits per heavy atom. The number of rotatable bonds is 9. The van der Waals surface area contributed by atoms with E-state index in [0.29, 0.717) is 23.5 Å². The molecule has 1 fully saturated rings. The minimum Gasteiger partial charge on any atom is -0.464 e. The lowest BCUT2D eigenvalue weighted by molar-refractivity contribution is 0.0815. The fourth-order valence-electron chi connectivity index (χ4n) is 5.23. The van der Waals surface area contributed by atoms with E-state index in [1.165, 1.54) is 24.2 Å². The molecule has 3 aromatic heterocycles. The number of hydrogen-bond acceptors (Lipinski definition) is 6. The van der Waals surface area contributed by atoms with E-state index in [-0.39, 0.29) is 5.78 Å². The third-order valence-electron chi connectivity index (χ3n) is 7.14. The van der Waals surface area contributed by atoms with Gasteiger partial charge in [-0.25, -0.2) is 18.3 Å². The number of halogens is 2. The number of hydrogen-bond donors (Lipinski definition) is 0. The number of alkyl halides is 2. The zero-order chi connectivity index (χ0) is 23.5. The van der Waals surface area contributed by atoms with E-state index in [2.05, 4.69) is 15.0 Å². The van der Waals surface area contributed by atoms with Crippen LogP contribution in [0.2, 0.25) is 0 Å². The summed E-state index contributed by atoms with van der Waals surface area (Å²) in [5.41, 5.74) is 2.60. The molecule has 0 aromatic carbocycles. The van der Waals surface area contributed by atoms with Gasteiger partial charge in [0.25, 0.3) is 11.6 Å². The zero-order valence-electron chi connectivity index (χ0n) is 19.2. The molecular formula is C25H30F2N4O2S. The van der Waals surface area contributed by atoms with E-state index in [0.717, 1.165) is 67.0 Å². The van der Waals surface area contributed by atoms with Gasteiger partial charge in [0.1, 0.15) is 0 Å². The number of Topliss-reactive ketones (excluding diaryl/α,β-unsaturated/α-hetero) is 1. The Bertz CT molecular complexity index is 1120. The van der Waals surface area contributed by atoms with Gasteiger partial charge in [-0.3, -0.25) is 9.69 Å². The SMILES string of the molecule is O=C(CC1CCC(CCN2CCc3sc(OCC(F)F)nc3C2)CC1)c1cnn2ccccc12. The summed E-state index contributed by atoms with van der Waals surface area (Å²) in [7, 11) is 0. The van der Waals surface area contributed by atoms with Gasteiger partial charge >= 0.3 is 0 Å². The molecule has 0 atom stereocenters. The van der Waals surface area contributed by atoms with E-state index in [1.807, 2.05) is 24.4 Å². The zero-order valence-corrected chi connectivity index (χ0v) is 20.0. The average molecular weight is 489 g/mol. The first kappa shape index (κ1) is 23.4. The molecule has 0 bridgehead atoms. The Morgan fingerprint density at radius 1 is 1.21 bits per heavy atom. The molecule has 0 saturated heterocycles. The summed E-state index contributed by atoms with van der Waals surface area (Å²) < 4.78 is 31.6.